The Hall–Kier alpha value is -2.97. The van der Waals surface area contributed by atoms with Crippen molar-refractivity contribution in [1.29, 1.82) is 0 Å². The van der Waals surface area contributed by atoms with Crippen LogP contribution in [-0.4, -0.2) is 70.8 Å². The number of rotatable bonds is 5. The van der Waals surface area contributed by atoms with Gasteiger partial charge >= 0.3 is 0 Å². The number of guanidine groups is 1. The van der Waals surface area contributed by atoms with Crippen LogP contribution in [0.3, 0.4) is 0 Å². The zero-order valence-electron chi connectivity index (χ0n) is 16.9. The van der Waals surface area contributed by atoms with Crippen LogP contribution in [-0.2, 0) is 0 Å². The van der Waals surface area contributed by atoms with E-state index in [1.165, 1.54) is 0 Å². The van der Waals surface area contributed by atoms with Gasteiger partial charge in [0.25, 0.3) is 0 Å². The number of aliphatic imine (C=N–C) groups is 1. The highest BCUT2D eigenvalue weighted by Crippen LogP contribution is 2.33. The summed E-state index contributed by atoms with van der Waals surface area (Å²) in [5, 5.41) is 3.60. The number of aromatic nitrogens is 3. The smallest absolute Gasteiger partial charge is 0.216 e. The molecule has 0 fully saturated rings. The van der Waals surface area contributed by atoms with E-state index >= 15 is 0 Å². The molecular formula is C21H26N8. The highest BCUT2D eigenvalue weighted by Gasteiger charge is 2.36. The molecule has 0 aliphatic carbocycles. The van der Waals surface area contributed by atoms with Crippen LogP contribution in [0.2, 0.25) is 0 Å². The summed E-state index contributed by atoms with van der Waals surface area (Å²) in [5.74, 6) is 1.78. The zero-order chi connectivity index (χ0) is 19.8. The standard InChI is InChI=1S/C21H26N8/c1-26(2)12-7-13-27-14-23-20-25-19(17-9-5-6-11-22-17)29-18-10-4-3-8-16(18)24-21(29)28(20)15-27/h3-6,8-11,19H,7,12-15H2,1-2H3,(H,23,25)/t19-/m1/s1. The summed E-state index contributed by atoms with van der Waals surface area (Å²) in [6.45, 7) is 3.56. The van der Waals surface area contributed by atoms with E-state index in [0.717, 1.165) is 54.8 Å². The third-order valence-corrected chi connectivity index (χ3v) is 5.41. The van der Waals surface area contributed by atoms with Gasteiger partial charge in [-0.15, -0.1) is 0 Å². The quantitative estimate of drug-likeness (QED) is 0.718. The van der Waals surface area contributed by atoms with Crippen molar-refractivity contribution in [3.8, 4) is 0 Å². The average Bonchev–Trinajstić information content (AvgIpc) is 3.14. The van der Waals surface area contributed by atoms with Crippen LogP contribution in [0.1, 0.15) is 18.3 Å². The molecule has 3 aromatic rings. The van der Waals surface area contributed by atoms with Crippen LogP contribution in [0.25, 0.3) is 11.0 Å². The Bertz CT molecular complexity index is 1030. The van der Waals surface area contributed by atoms with E-state index < -0.39 is 0 Å². The molecule has 1 atom stereocenters. The molecule has 0 bridgehead atoms. The second kappa shape index (κ2) is 7.46. The van der Waals surface area contributed by atoms with Crippen molar-refractivity contribution in [1.82, 2.24) is 29.7 Å². The van der Waals surface area contributed by atoms with Gasteiger partial charge in [0, 0.05) is 12.7 Å². The lowest BCUT2D eigenvalue weighted by Gasteiger charge is -2.41. The second-order valence-electron chi connectivity index (χ2n) is 7.82. The summed E-state index contributed by atoms with van der Waals surface area (Å²) in [6, 6.07) is 14.3. The van der Waals surface area contributed by atoms with Gasteiger partial charge in [-0.05, 0) is 51.3 Å². The van der Waals surface area contributed by atoms with Crippen molar-refractivity contribution in [3.05, 3.63) is 54.4 Å². The number of fused-ring (bicyclic) bond motifs is 5. The Labute approximate surface area is 170 Å². The first-order valence-electron chi connectivity index (χ1n) is 10.0. The van der Waals surface area contributed by atoms with Crippen LogP contribution in [0.4, 0.5) is 5.95 Å². The van der Waals surface area contributed by atoms with Gasteiger partial charge in [0.05, 0.1) is 30.1 Å². The Morgan fingerprint density at radius 1 is 1.14 bits per heavy atom. The first kappa shape index (κ1) is 18.1. The molecule has 8 nitrogen and oxygen atoms in total. The van der Waals surface area contributed by atoms with E-state index in [0.29, 0.717) is 6.67 Å². The number of para-hydroxylation sites is 2. The molecule has 2 aromatic heterocycles. The number of nitrogens with zero attached hydrogens (tertiary/aromatic N) is 7. The van der Waals surface area contributed by atoms with Gasteiger partial charge in [-0.3, -0.25) is 19.4 Å². The van der Waals surface area contributed by atoms with Gasteiger partial charge in [-0.1, -0.05) is 18.2 Å². The van der Waals surface area contributed by atoms with Crippen LogP contribution >= 0.6 is 0 Å². The van der Waals surface area contributed by atoms with Gasteiger partial charge in [0.2, 0.25) is 11.9 Å². The Morgan fingerprint density at radius 2 is 2.00 bits per heavy atom. The maximum atomic E-state index is 4.96. The molecule has 0 saturated carbocycles. The Morgan fingerprint density at radius 3 is 2.83 bits per heavy atom. The van der Waals surface area contributed by atoms with E-state index in [4.69, 9.17) is 9.98 Å². The van der Waals surface area contributed by atoms with E-state index in [2.05, 4.69) is 61.9 Å². The summed E-state index contributed by atoms with van der Waals surface area (Å²) in [7, 11) is 4.22. The largest absolute Gasteiger partial charge is 0.330 e. The fourth-order valence-electron chi connectivity index (χ4n) is 4.01. The predicted octanol–water partition coefficient (Wildman–Crippen LogP) is 1.93. The van der Waals surface area contributed by atoms with E-state index in [-0.39, 0.29) is 6.17 Å². The topological polar surface area (TPSA) is 64.8 Å². The molecule has 29 heavy (non-hydrogen) atoms. The summed E-state index contributed by atoms with van der Waals surface area (Å²) >= 11 is 0. The van der Waals surface area contributed by atoms with Crippen molar-refractivity contribution in [2.24, 2.45) is 4.99 Å². The molecule has 1 aromatic carbocycles. The van der Waals surface area contributed by atoms with E-state index in [1.54, 1.807) is 0 Å². The maximum Gasteiger partial charge on any atom is 0.216 e. The van der Waals surface area contributed by atoms with Gasteiger partial charge < -0.3 is 10.2 Å². The molecule has 0 radical (unpaired) electrons. The molecule has 0 spiro atoms. The minimum absolute atomic E-state index is 0.131. The van der Waals surface area contributed by atoms with Crippen molar-refractivity contribution < 1.29 is 0 Å². The lowest BCUT2D eigenvalue weighted by molar-refractivity contribution is 0.254. The number of imidazole rings is 1. The minimum atomic E-state index is -0.131. The molecule has 5 rings (SSSR count). The van der Waals surface area contributed by atoms with E-state index in [9.17, 15) is 0 Å². The molecular weight excluding hydrogens is 364 g/mol. The summed E-state index contributed by atoms with van der Waals surface area (Å²) < 4.78 is 2.24. The predicted molar refractivity (Wildman–Crippen MR) is 115 cm³/mol. The van der Waals surface area contributed by atoms with Crippen LogP contribution in [0, 0.1) is 0 Å². The number of hydrogen-bond donors (Lipinski definition) is 1. The fraction of sp³-hybridized carbons (Fsp3) is 0.381. The number of anilines is 1. The molecule has 150 valence electrons. The van der Waals surface area contributed by atoms with Crippen LogP contribution < -0.4 is 10.2 Å². The Kier molecular flexibility index (Phi) is 4.65. The highest BCUT2D eigenvalue weighted by molar-refractivity contribution is 5.98. The first-order valence-corrected chi connectivity index (χ1v) is 10.0. The number of nitrogens with one attached hydrogen (secondary N) is 1. The summed E-state index contributed by atoms with van der Waals surface area (Å²) in [4.78, 5) is 21.2. The molecule has 8 heteroatoms. The number of pyridine rings is 1. The third kappa shape index (κ3) is 3.34. The molecule has 0 saturated heterocycles. The van der Waals surface area contributed by atoms with Crippen molar-refractivity contribution in [2.75, 3.05) is 45.4 Å². The fourth-order valence-corrected chi connectivity index (χ4v) is 4.01. The molecule has 1 N–H and O–H groups in total. The molecule has 2 aliphatic rings. The van der Waals surface area contributed by atoms with Crippen molar-refractivity contribution >= 4 is 22.9 Å². The van der Waals surface area contributed by atoms with Crippen LogP contribution in [0.15, 0.2) is 53.7 Å². The Balaban J connectivity index is 1.52. The van der Waals surface area contributed by atoms with Crippen LogP contribution in [0.5, 0.6) is 0 Å². The first-order chi connectivity index (χ1) is 14.2. The lowest BCUT2D eigenvalue weighted by Crippen LogP contribution is -2.57. The maximum absolute atomic E-state index is 4.96. The minimum Gasteiger partial charge on any atom is -0.330 e. The molecule has 4 heterocycles. The van der Waals surface area contributed by atoms with E-state index in [1.807, 2.05) is 30.5 Å². The normalized spacial score (nSPS) is 19.1. The van der Waals surface area contributed by atoms with Crippen molar-refractivity contribution in [3.63, 3.8) is 0 Å². The van der Waals surface area contributed by atoms with Gasteiger partial charge in [-0.2, -0.15) is 0 Å². The third-order valence-electron chi connectivity index (χ3n) is 5.41. The van der Waals surface area contributed by atoms with Gasteiger partial charge in [0.15, 0.2) is 6.17 Å². The molecule has 0 amide bonds. The highest BCUT2D eigenvalue weighted by atomic mass is 15.5. The van der Waals surface area contributed by atoms with Crippen molar-refractivity contribution in [2.45, 2.75) is 12.6 Å². The number of benzene rings is 1. The SMILES string of the molecule is CN(C)CCCN1CN=C2N[C@@H](c3ccccn3)n3c(nc4ccccc43)N2C1. The second-order valence-corrected chi connectivity index (χ2v) is 7.82. The average molecular weight is 390 g/mol. The summed E-state index contributed by atoms with van der Waals surface area (Å²) in [6.07, 6.45) is 2.82. The summed E-state index contributed by atoms with van der Waals surface area (Å²) in [5.41, 5.74) is 3.03. The van der Waals surface area contributed by atoms with Gasteiger partial charge in [-0.25, -0.2) is 9.98 Å². The molecule has 2 aliphatic heterocycles. The monoisotopic (exact) mass is 390 g/mol. The molecule has 0 unspecified atom stereocenters. The zero-order valence-corrected chi connectivity index (χ0v) is 16.9. The number of hydrogen-bond acceptors (Lipinski definition) is 7. The lowest BCUT2D eigenvalue weighted by atomic mass is 10.2. The van der Waals surface area contributed by atoms with Gasteiger partial charge in [0.1, 0.15) is 0 Å².